The van der Waals surface area contributed by atoms with Gasteiger partial charge in [0.05, 0.1) is 43.8 Å². The van der Waals surface area contributed by atoms with Crippen molar-refractivity contribution < 1.29 is 32.6 Å². The van der Waals surface area contributed by atoms with Gasteiger partial charge >= 0.3 is 5.97 Å². The Morgan fingerprint density at radius 3 is 2.65 bits per heavy atom. The average molecular weight is 307 g/mol. The lowest BCUT2D eigenvalue weighted by atomic mass is 10.1. The SMILES string of the molecule is O=C(O)CC1CS(=O)(=O)CCN1C(=O)C1COCCO1. The summed E-state index contributed by atoms with van der Waals surface area (Å²) < 4.78 is 33.6. The third-order valence-electron chi connectivity index (χ3n) is 3.31. The summed E-state index contributed by atoms with van der Waals surface area (Å²) in [4.78, 5) is 24.4. The minimum Gasteiger partial charge on any atom is -0.481 e. The summed E-state index contributed by atoms with van der Waals surface area (Å²) in [6, 6.07) is -0.843. The number of carboxylic acid groups (broad SMARTS) is 1. The average Bonchev–Trinajstić information content (AvgIpc) is 2.37. The Kier molecular flexibility index (Phi) is 4.61. The van der Waals surface area contributed by atoms with Crippen molar-refractivity contribution in [2.75, 3.05) is 37.9 Å². The van der Waals surface area contributed by atoms with Crippen LogP contribution in [-0.4, -0.2) is 80.3 Å². The molecule has 20 heavy (non-hydrogen) atoms. The summed E-state index contributed by atoms with van der Waals surface area (Å²) >= 11 is 0. The van der Waals surface area contributed by atoms with Crippen LogP contribution in [0, 0.1) is 0 Å². The molecule has 0 radical (unpaired) electrons. The van der Waals surface area contributed by atoms with E-state index in [0.29, 0.717) is 13.2 Å². The fourth-order valence-corrected chi connectivity index (χ4v) is 3.89. The second-order valence-electron chi connectivity index (χ2n) is 4.83. The molecule has 2 aliphatic heterocycles. The van der Waals surface area contributed by atoms with Crippen molar-refractivity contribution in [3.05, 3.63) is 0 Å². The van der Waals surface area contributed by atoms with Crippen molar-refractivity contribution in [3.8, 4) is 0 Å². The van der Waals surface area contributed by atoms with Crippen molar-refractivity contribution in [3.63, 3.8) is 0 Å². The van der Waals surface area contributed by atoms with Crippen LogP contribution in [-0.2, 0) is 28.9 Å². The van der Waals surface area contributed by atoms with Crippen LogP contribution < -0.4 is 0 Å². The summed E-state index contributed by atoms with van der Waals surface area (Å²) in [5, 5.41) is 8.86. The zero-order valence-electron chi connectivity index (χ0n) is 10.9. The fraction of sp³-hybridized carbons (Fsp3) is 0.818. The smallest absolute Gasteiger partial charge is 0.305 e. The lowest BCUT2D eigenvalue weighted by molar-refractivity contribution is -0.160. The quantitative estimate of drug-likeness (QED) is 0.675. The van der Waals surface area contributed by atoms with E-state index in [9.17, 15) is 18.0 Å². The molecular formula is C11H17NO7S. The highest BCUT2D eigenvalue weighted by molar-refractivity contribution is 7.91. The first-order valence-electron chi connectivity index (χ1n) is 6.31. The van der Waals surface area contributed by atoms with Crippen molar-refractivity contribution in [2.45, 2.75) is 18.6 Å². The van der Waals surface area contributed by atoms with E-state index in [4.69, 9.17) is 14.6 Å². The number of nitrogens with zero attached hydrogens (tertiary/aromatic N) is 1. The predicted molar refractivity (Wildman–Crippen MR) is 67.0 cm³/mol. The molecule has 8 nitrogen and oxygen atoms in total. The van der Waals surface area contributed by atoms with Gasteiger partial charge in [-0.3, -0.25) is 9.59 Å². The van der Waals surface area contributed by atoms with Crippen molar-refractivity contribution in [2.24, 2.45) is 0 Å². The maximum Gasteiger partial charge on any atom is 0.305 e. The van der Waals surface area contributed by atoms with Gasteiger partial charge < -0.3 is 19.5 Å². The summed E-state index contributed by atoms with van der Waals surface area (Å²) in [7, 11) is -3.30. The summed E-state index contributed by atoms with van der Waals surface area (Å²) in [5.74, 6) is -2.00. The first-order valence-corrected chi connectivity index (χ1v) is 8.13. The van der Waals surface area contributed by atoms with Crippen molar-refractivity contribution >= 4 is 21.7 Å². The first-order chi connectivity index (χ1) is 9.39. The molecule has 2 unspecified atom stereocenters. The van der Waals surface area contributed by atoms with Gasteiger partial charge in [0, 0.05) is 6.54 Å². The minimum atomic E-state index is -3.30. The third kappa shape index (κ3) is 3.68. The topological polar surface area (TPSA) is 110 Å². The number of aliphatic carboxylic acids is 1. The van der Waals surface area contributed by atoms with E-state index in [1.165, 1.54) is 4.90 Å². The monoisotopic (exact) mass is 307 g/mol. The number of amides is 1. The summed E-state index contributed by atoms with van der Waals surface area (Å²) in [6.07, 6.45) is -1.17. The number of rotatable bonds is 3. The Morgan fingerprint density at radius 1 is 1.30 bits per heavy atom. The van der Waals surface area contributed by atoms with Crippen LogP contribution in [0.5, 0.6) is 0 Å². The summed E-state index contributed by atoms with van der Waals surface area (Å²) in [6.45, 7) is 0.823. The van der Waals surface area contributed by atoms with Gasteiger partial charge in [-0.25, -0.2) is 8.42 Å². The van der Waals surface area contributed by atoms with E-state index in [1.54, 1.807) is 0 Å². The highest BCUT2D eigenvalue weighted by Gasteiger charge is 2.38. The molecule has 0 aromatic carbocycles. The van der Waals surface area contributed by atoms with Gasteiger partial charge in [0.15, 0.2) is 15.9 Å². The van der Waals surface area contributed by atoms with Gasteiger partial charge in [-0.2, -0.15) is 0 Å². The highest BCUT2D eigenvalue weighted by Crippen LogP contribution is 2.18. The van der Waals surface area contributed by atoms with E-state index in [-0.39, 0.29) is 24.7 Å². The van der Waals surface area contributed by atoms with Crippen LogP contribution in [0.3, 0.4) is 0 Å². The maximum absolute atomic E-state index is 12.3. The van der Waals surface area contributed by atoms with E-state index in [1.807, 2.05) is 0 Å². The highest BCUT2D eigenvalue weighted by atomic mass is 32.2. The van der Waals surface area contributed by atoms with Crippen molar-refractivity contribution in [1.29, 1.82) is 0 Å². The molecule has 2 rings (SSSR count). The number of carbonyl (C=O) groups excluding carboxylic acids is 1. The molecule has 2 heterocycles. The van der Waals surface area contributed by atoms with Gasteiger partial charge in [0.1, 0.15) is 0 Å². The van der Waals surface area contributed by atoms with Gasteiger partial charge in [0.25, 0.3) is 5.91 Å². The zero-order valence-corrected chi connectivity index (χ0v) is 11.7. The molecule has 0 aromatic heterocycles. The number of hydrogen-bond donors (Lipinski definition) is 1. The molecule has 9 heteroatoms. The Hall–Kier alpha value is -1.19. The summed E-state index contributed by atoms with van der Waals surface area (Å²) in [5.41, 5.74) is 0. The molecule has 1 amide bonds. The molecule has 0 aliphatic carbocycles. The standard InChI is InChI=1S/C11H17NO7S/c13-10(14)5-8-7-20(16,17)4-1-12(8)11(15)9-6-18-2-3-19-9/h8-9H,1-7H2,(H,13,14). The third-order valence-corrected chi connectivity index (χ3v) is 5.01. The van der Waals surface area contributed by atoms with Crippen molar-refractivity contribution in [1.82, 2.24) is 4.90 Å². The lowest BCUT2D eigenvalue weighted by Crippen LogP contribution is -2.56. The molecule has 1 N–H and O–H groups in total. The van der Waals surface area contributed by atoms with Gasteiger partial charge in [-0.05, 0) is 0 Å². The Balaban J connectivity index is 2.10. The molecule has 114 valence electrons. The van der Waals surface area contributed by atoms with E-state index in [0.717, 1.165) is 0 Å². The van der Waals surface area contributed by atoms with Gasteiger partial charge in [0.2, 0.25) is 0 Å². The Morgan fingerprint density at radius 2 is 2.05 bits per heavy atom. The van der Waals surface area contributed by atoms with Crippen LogP contribution in [0.25, 0.3) is 0 Å². The fourth-order valence-electron chi connectivity index (χ4n) is 2.36. The molecule has 2 atom stereocenters. The number of carbonyl (C=O) groups is 2. The normalized spacial score (nSPS) is 29.9. The number of sulfone groups is 1. The van der Waals surface area contributed by atoms with Gasteiger partial charge in [-0.1, -0.05) is 0 Å². The minimum absolute atomic E-state index is 0.00102. The van der Waals surface area contributed by atoms with Crippen LogP contribution in [0.15, 0.2) is 0 Å². The Labute approximate surface area is 116 Å². The van der Waals surface area contributed by atoms with Gasteiger partial charge in [-0.15, -0.1) is 0 Å². The maximum atomic E-state index is 12.3. The lowest BCUT2D eigenvalue weighted by Gasteiger charge is -2.37. The molecular weight excluding hydrogens is 290 g/mol. The van der Waals surface area contributed by atoms with E-state index < -0.39 is 40.3 Å². The molecule has 0 bridgehead atoms. The van der Waals surface area contributed by atoms with Crippen LogP contribution >= 0.6 is 0 Å². The second kappa shape index (κ2) is 6.06. The predicted octanol–water partition coefficient (Wildman–Crippen LogP) is -1.50. The second-order valence-corrected chi connectivity index (χ2v) is 7.06. The number of ether oxygens (including phenoxy) is 2. The largest absolute Gasteiger partial charge is 0.481 e. The van der Waals surface area contributed by atoms with Crippen LogP contribution in [0.4, 0.5) is 0 Å². The number of carboxylic acids is 1. The molecule has 2 saturated heterocycles. The van der Waals surface area contributed by atoms with E-state index >= 15 is 0 Å². The van der Waals surface area contributed by atoms with E-state index in [2.05, 4.69) is 0 Å². The van der Waals surface area contributed by atoms with Crippen LogP contribution in [0.1, 0.15) is 6.42 Å². The Bertz CT molecular complexity index is 483. The molecule has 0 spiro atoms. The van der Waals surface area contributed by atoms with Crippen LogP contribution in [0.2, 0.25) is 0 Å². The molecule has 0 aromatic rings. The first kappa shape index (κ1) is 15.2. The molecule has 2 aliphatic rings. The molecule has 0 saturated carbocycles. The molecule has 2 fully saturated rings. The number of hydrogen-bond acceptors (Lipinski definition) is 6. The zero-order chi connectivity index (χ0) is 14.8.